The van der Waals surface area contributed by atoms with E-state index < -0.39 is 0 Å². The first kappa shape index (κ1) is 24.5. The Balaban J connectivity index is 1.89. The van der Waals surface area contributed by atoms with Crippen LogP contribution in [0.25, 0.3) is 11.0 Å². The molecule has 31 heavy (non-hydrogen) atoms. The summed E-state index contributed by atoms with van der Waals surface area (Å²) in [6, 6.07) is 11.7. The highest BCUT2D eigenvalue weighted by atomic mass is 127. The van der Waals surface area contributed by atoms with Crippen LogP contribution in [0.2, 0.25) is 0 Å². The number of aryl methyl sites for hydroxylation is 1. The molecule has 0 atom stereocenters. The molecule has 0 N–H and O–H groups in total. The van der Waals surface area contributed by atoms with E-state index in [4.69, 9.17) is 9.15 Å². The number of para-hydroxylation sites is 1. The Morgan fingerprint density at radius 1 is 1.06 bits per heavy atom. The average molecular weight is 645 g/mol. The van der Waals surface area contributed by atoms with Gasteiger partial charge in [0.1, 0.15) is 23.7 Å². The molecule has 6 heteroatoms. The van der Waals surface area contributed by atoms with Crippen LogP contribution in [-0.2, 0) is 6.42 Å². The van der Waals surface area contributed by atoms with E-state index in [1.54, 1.807) is 0 Å². The number of hydrogen-bond acceptors (Lipinski definition) is 4. The molecule has 0 unspecified atom stereocenters. The predicted octanol–water partition coefficient (Wildman–Crippen LogP) is 6.94. The fourth-order valence-corrected chi connectivity index (χ4v) is 4.94. The van der Waals surface area contributed by atoms with Crippen molar-refractivity contribution >= 4 is 61.9 Å². The standard InChI is InChI=1S/C25H29I2NO3/c1-4-7-11-22-24(17-10-8-9-12-21(17)31-22)25(29)18-15-20(27)23(16-19(18)26)30-14-13-28(5-2)6-3/h8-10,12,15-16H,4-7,11,13-14H2,1-3H3. The Bertz CT molecular complexity index is 1040. The van der Waals surface area contributed by atoms with E-state index in [-0.39, 0.29) is 5.78 Å². The number of rotatable bonds is 11. The third-order valence-corrected chi connectivity index (χ3v) is 7.21. The number of hydrogen-bond donors (Lipinski definition) is 0. The molecule has 3 aromatic rings. The number of nitrogens with zero attached hydrogens (tertiary/aromatic N) is 1. The van der Waals surface area contributed by atoms with Gasteiger partial charge in [-0.25, -0.2) is 0 Å². The van der Waals surface area contributed by atoms with Crippen molar-refractivity contribution in [1.29, 1.82) is 0 Å². The van der Waals surface area contributed by atoms with Gasteiger partial charge in [0.15, 0.2) is 5.78 Å². The Kier molecular flexibility index (Phi) is 9.21. The maximum Gasteiger partial charge on any atom is 0.198 e. The maximum absolute atomic E-state index is 13.7. The van der Waals surface area contributed by atoms with Gasteiger partial charge in [-0.05, 0) is 82.9 Å². The molecule has 0 aliphatic heterocycles. The average Bonchev–Trinajstić information content (AvgIpc) is 3.15. The maximum atomic E-state index is 13.7. The second-order valence-electron chi connectivity index (χ2n) is 7.47. The van der Waals surface area contributed by atoms with Crippen molar-refractivity contribution in [3.05, 3.63) is 60.4 Å². The SMILES string of the molecule is CCCCc1oc2ccccc2c1C(=O)c1cc(I)c(OCCN(CC)CC)cc1I. The van der Waals surface area contributed by atoms with Gasteiger partial charge < -0.3 is 14.1 Å². The molecule has 2 aromatic carbocycles. The van der Waals surface area contributed by atoms with Crippen molar-refractivity contribution in [2.24, 2.45) is 0 Å². The Labute approximate surface area is 212 Å². The Hall–Kier alpha value is -1.13. The lowest BCUT2D eigenvalue weighted by Gasteiger charge is -2.18. The summed E-state index contributed by atoms with van der Waals surface area (Å²) in [7, 11) is 0. The molecule has 0 aliphatic rings. The Morgan fingerprint density at radius 2 is 1.81 bits per heavy atom. The lowest BCUT2D eigenvalue weighted by atomic mass is 9.98. The van der Waals surface area contributed by atoms with E-state index in [0.717, 1.165) is 68.5 Å². The molecule has 0 aliphatic carbocycles. The molecular formula is C25H29I2NO3. The molecular weight excluding hydrogens is 616 g/mol. The zero-order valence-electron chi connectivity index (χ0n) is 18.3. The predicted molar refractivity (Wildman–Crippen MR) is 143 cm³/mol. The summed E-state index contributed by atoms with van der Waals surface area (Å²) in [6.07, 6.45) is 2.82. The molecule has 1 heterocycles. The lowest BCUT2D eigenvalue weighted by Crippen LogP contribution is -2.28. The monoisotopic (exact) mass is 645 g/mol. The third kappa shape index (κ3) is 5.82. The first-order valence-electron chi connectivity index (χ1n) is 10.9. The van der Waals surface area contributed by atoms with Crippen LogP contribution in [0.3, 0.4) is 0 Å². The number of carbonyl (C=O) groups excluding carboxylic acids is 1. The summed E-state index contributed by atoms with van der Waals surface area (Å²) in [5, 5.41) is 0.893. The van der Waals surface area contributed by atoms with Crippen molar-refractivity contribution in [1.82, 2.24) is 4.90 Å². The molecule has 0 saturated carbocycles. The second-order valence-corrected chi connectivity index (χ2v) is 9.79. The van der Waals surface area contributed by atoms with Crippen molar-refractivity contribution in [3.8, 4) is 5.75 Å². The first-order valence-corrected chi connectivity index (χ1v) is 13.0. The highest BCUT2D eigenvalue weighted by Gasteiger charge is 2.24. The summed E-state index contributed by atoms with van der Waals surface area (Å²) in [4.78, 5) is 16.0. The van der Waals surface area contributed by atoms with E-state index >= 15 is 0 Å². The van der Waals surface area contributed by atoms with Crippen molar-refractivity contribution in [3.63, 3.8) is 0 Å². The first-order chi connectivity index (χ1) is 15.0. The van der Waals surface area contributed by atoms with Crippen LogP contribution in [0.4, 0.5) is 0 Å². The summed E-state index contributed by atoms with van der Waals surface area (Å²) < 4.78 is 14.0. The van der Waals surface area contributed by atoms with Gasteiger partial charge in [0.2, 0.25) is 0 Å². The van der Waals surface area contributed by atoms with Gasteiger partial charge in [0, 0.05) is 27.5 Å². The highest BCUT2D eigenvalue weighted by molar-refractivity contribution is 14.1. The molecule has 0 spiro atoms. The van der Waals surface area contributed by atoms with Gasteiger partial charge in [0.05, 0.1) is 9.13 Å². The largest absolute Gasteiger partial charge is 0.491 e. The van der Waals surface area contributed by atoms with E-state index in [1.165, 1.54) is 0 Å². The van der Waals surface area contributed by atoms with E-state index in [2.05, 4.69) is 70.9 Å². The smallest absolute Gasteiger partial charge is 0.198 e. The van der Waals surface area contributed by atoms with Crippen LogP contribution in [0, 0.1) is 7.14 Å². The fraction of sp³-hybridized carbons (Fsp3) is 0.400. The minimum Gasteiger partial charge on any atom is -0.491 e. The van der Waals surface area contributed by atoms with Crippen LogP contribution in [0.15, 0.2) is 40.8 Å². The number of halogens is 2. The van der Waals surface area contributed by atoms with Crippen molar-refractivity contribution in [2.45, 2.75) is 40.0 Å². The quantitative estimate of drug-likeness (QED) is 0.168. The van der Waals surface area contributed by atoms with Gasteiger partial charge in [-0.1, -0.05) is 45.4 Å². The molecule has 4 nitrogen and oxygen atoms in total. The molecule has 0 amide bonds. The summed E-state index contributed by atoms with van der Waals surface area (Å²) in [6.45, 7) is 10.0. The molecule has 0 fully saturated rings. The topological polar surface area (TPSA) is 42.7 Å². The number of ketones is 1. The minimum absolute atomic E-state index is 0.0214. The molecule has 0 saturated heterocycles. The normalized spacial score (nSPS) is 11.4. The molecule has 1 aromatic heterocycles. The Morgan fingerprint density at radius 3 is 2.52 bits per heavy atom. The summed E-state index contributed by atoms with van der Waals surface area (Å²) in [5.74, 6) is 1.64. The molecule has 166 valence electrons. The van der Waals surface area contributed by atoms with Crippen molar-refractivity contribution < 1.29 is 13.9 Å². The number of ether oxygens (including phenoxy) is 1. The van der Waals surface area contributed by atoms with E-state index in [9.17, 15) is 4.79 Å². The van der Waals surface area contributed by atoms with Crippen LogP contribution in [0.5, 0.6) is 5.75 Å². The number of carbonyl (C=O) groups is 1. The van der Waals surface area contributed by atoms with Gasteiger partial charge in [-0.2, -0.15) is 0 Å². The highest BCUT2D eigenvalue weighted by Crippen LogP contribution is 2.33. The van der Waals surface area contributed by atoms with Gasteiger partial charge in [-0.15, -0.1) is 0 Å². The van der Waals surface area contributed by atoms with Crippen molar-refractivity contribution in [2.75, 3.05) is 26.2 Å². The number of fused-ring (bicyclic) bond motifs is 1. The summed E-state index contributed by atoms with van der Waals surface area (Å²) in [5.41, 5.74) is 2.18. The summed E-state index contributed by atoms with van der Waals surface area (Å²) >= 11 is 4.50. The van der Waals surface area contributed by atoms with Gasteiger partial charge >= 0.3 is 0 Å². The second kappa shape index (κ2) is 11.7. The molecule has 0 radical (unpaired) electrons. The number of furan rings is 1. The lowest BCUT2D eigenvalue weighted by molar-refractivity contribution is 0.103. The van der Waals surface area contributed by atoms with Crippen LogP contribution < -0.4 is 4.74 Å². The zero-order valence-corrected chi connectivity index (χ0v) is 22.7. The van der Waals surface area contributed by atoms with Crippen LogP contribution in [-0.4, -0.2) is 36.9 Å². The molecule has 3 rings (SSSR count). The number of unbranched alkanes of at least 4 members (excludes halogenated alkanes) is 1. The number of likely N-dealkylation sites (N-methyl/N-ethyl adjacent to an activating group) is 1. The van der Waals surface area contributed by atoms with E-state index in [0.29, 0.717) is 17.7 Å². The van der Waals surface area contributed by atoms with Crippen LogP contribution >= 0.6 is 45.2 Å². The van der Waals surface area contributed by atoms with E-state index in [1.807, 2.05) is 36.4 Å². The minimum atomic E-state index is 0.0214. The van der Waals surface area contributed by atoms with Crippen LogP contribution in [0.1, 0.15) is 55.3 Å². The zero-order chi connectivity index (χ0) is 22.4. The van der Waals surface area contributed by atoms with Gasteiger partial charge in [0.25, 0.3) is 0 Å². The van der Waals surface area contributed by atoms with Gasteiger partial charge in [-0.3, -0.25) is 4.79 Å². The molecule has 0 bridgehead atoms. The third-order valence-electron chi connectivity index (χ3n) is 5.48. The number of benzene rings is 2. The fourth-order valence-electron chi connectivity index (χ4n) is 3.63.